The number of benzene rings is 3. The number of aromatic nitrogens is 3. The van der Waals surface area contributed by atoms with E-state index in [1.807, 2.05) is 68.4 Å². The van der Waals surface area contributed by atoms with Crippen LogP contribution in [-0.4, -0.2) is 56.9 Å². The molecule has 0 atom stereocenters. The van der Waals surface area contributed by atoms with Crippen LogP contribution in [0.4, 0.5) is 4.39 Å². The van der Waals surface area contributed by atoms with Crippen LogP contribution < -0.4 is 4.74 Å². The average Bonchev–Trinajstić information content (AvgIpc) is 3.36. The fraction of sp³-hybridized carbons (Fsp3) is 0.219. The molecule has 0 fully saturated rings. The molecule has 1 N–H and O–H groups in total. The maximum absolute atomic E-state index is 13.4. The molecule has 0 spiro atoms. The lowest BCUT2D eigenvalue weighted by Crippen LogP contribution is -2.31. The molecule has 2 heterocycles. The van der Waals surface area contributed by atoms with Crippen LogP contribution in [0.15, 0.2) is 83.3 Å². The third-order valence-electron chi connectivity index (χ3n) is 6.91. The van der Waals surface area contributed by atoms with Gasteiger partial charge in [-0.1, -0.05) is 46.3 Å². The van der Waals surface area contributed by atoms with E-state index in [4.69, 9.17) is 14.8 Å². The van der Waals surface area contributed by atoms with E-state index in [0.717, 1.165) is 15.6 Å². The predicted molar refractivity (Wildman–Crippen MR) is 162 cm³/mol. The van der Waals surface area contributed by atoms with Crippen LogP contribution in [0.5, 0.6) is 11.5 Å². The van der Waals surface area contributed by atoms with E-state index in [2.05, 4.69) is 15.9 Å². The van der Waals surface area contributed by atoms with Gasteiger partial charge in [-0.05, 0) is 62.4 Å². The SMILES string of the molecule is CCN(CC)C(=O)Cc1c(-c2ccc(OCCF)cc2)nn2c(-c3cc(Br)ccc3O)cc(-c3ccccc3)nc12. The zero-order valence-electron chi connectivity index (χ0n) is 22.8. The summed E-state index contributed by atoms with van der Waals surface area (Å²) in [6.45, 7) is 4.48. The Labute approximate surface area is 246 Å². The summed E-state index contributed by atoms with van der Waals surface area (Å²) in [7, 11) is 0. The summed E-state index contributed by atoms with van der Waals surface area (Å²) in [5.41, 5.74) is 5.32. The molecule has 5 aromatic rings. The predicted octanol–water partition coefficient (Wildman–Crippen LogP) is 6.96. The van der Waals surface area contributed by atoms with Gasteiger partial charge >= 0.3 is 0 Å². The number of hydrogen-bond acceptors (Lipinski definition) is 5. The van der Waals surface area contributed by atoms with Crippen molar-refractivity contribution in [2.75, 3.05) is 26.4 Å². The van der Waals surface area contributed by atoms with Gasteiger partial charge in [0.15, 0.2) is 5.65 Å². The first kappa shape index (κ1) is 28.3. The van der Waals surface area contributed by atoms with E-state index in [1.54, 1.807) is 33.7 Å². The highest BCUT2D eigenvalue weighted by Crippen LogP contribution is 2.37. The standard InChI is InChI=1S/C32H30BrFN4O3/c1-3-37(4-2)30(40)19-26-31(22-10-13-24(14-11-22)41-17-16-34)36-38-28(25-18-23(33)12-15-29(25)39)20-27(35-32(26)38)21-8-6-5-7-9-21/h5-15,18,20,39H,3-4,16-17,19H2,1-2H3. The first-order chi connectivity index (χ1) is 19.9. The number of hydrogen-bond donors (Lipinski definition) is 1. The molecule has 0 radical (unpaired) electrons. The number of phenols is 1. The molecule has 3 aromatic carbocycles. The molecule has 0 unspecified atom stereocenters. The fourth-order valence-corrected chi connectivity index (χ4v) is 5.18. The van der Waals surface area contributed by atoms with Gasteiger partial charge in [0, 0.05) is 39.8 Å². The number of carbonyl (C=O) groups excluding carboxylic acids is 1. The van der Waals surface area contributed by atoms with E-state index in [0.29, 0.717) is 52.7 Å². The van der Waals surface area contributed by atoms with Crippen molar-refractivity contribution < 1.29 is 19.0 Å². The normalized spacial score (nSPS) is 11.1. The average molecular weight is 618 g/mol. The summed E-state index contributed by atoms with van der Waals surface area (Å²) in [5.74, 6) is 0.597. The minimum absolute atomic E-state index is 0.0248. The molecule has 9 heteroatoms. The molecule has 1 amide bonds. The van der Waals surface area contributed by atoms with Crippen molar-refractivity contribution >= 4 is 27.5 Å². The van der Waals surface area contributed by atoms with E-state index in [1.165, 1.54) is 0 Å². The van der Waals surface area contributed by atoms with Gasteiger partial charge < -0.3 is 14.7 Å². The minimum Gasteiger partial charge on any atom is -0.507 e. The van der Waals surface area contributed by atoms with E-state index in [9.17, 15) is 14.3 Å². The van der Waals surface area contributed by atoms with Crippen LogP contribution in [0.3, 0.4) is 0 Å². The Kier molecular flexibility index (Phi) is 8.64. The van der Waals surface area contributed by atoms with Crippen molar-refractivity contribution in [3.05, 3.63) is 88.9 Å². The topological polar surface area (TPSA) is 80.0 Å². The first-order valence-electron chi connectivity index (χ1n) is 13.5. The number of aromatic hydroxyl groups is 1. The number of carbonyl (C=O) groups is 1. The molecule has 0 saturated heterocycles. The molecule has 0 aliphatic rings. The maximum Gasteiger partial charge on any atom is 0.227 e. The molecular formula is C32H30BrFN4O3. The van der Waals surface area contributed by atoms with Crippen molar-refractivity contribution in [3.63, 3.8) is 0 Å². The first-order valence-corrected chi connectivity index (χ1v) is 14.3. The van der Waals surface area contributed by atoms with Gasteiger partial charge in [0.05, 0.1) is 23.5 Å². The summed E-state index contributed by atoms with van der Waals surface area (Å²) in [5, 5.41) is 15.9. The second kappa shape index (κ2) is 12.5. The Morgan fingerprint density at radius 2 is 1.73 bits per heavy atom. The Hall–Kier alpha value is -4.24. The maximum atomic E-state index is 13.4. The van der Waals surface area contributed by atoms with Gasteiger partial charge in [-0.15, -0.1) is 0 Å². The number of amides is 1. The number of alkyl halides is 1. The molecule has 5 rings (SSSR count). The quantitative estimate of drug-likeness (QED) is 0.183. The Bertz CT molecular complexity index is 1670. The highest BCUT2D eigenvalue weighted by Gasteiger charge is 2.24. The third kappa shape index (κ3) is 5.95. The van der Waals surface area contributed by atoms with Crippen molar-refractivity contribution in [2.45, 2.75) is 20.3 Å². The fourth-order valence-electron chi connectivity index (χ4n) is 4.82. The number of rotatable bonds is 10. The van der Waals surface area contributed by atoms with Gasteiger partial charge in [0.1, 0.15) is 24.8 Å². The zero-order chi connectivity index (χ0) is 28.9. The lowest BCUT2D eigenvalue weighted by atomic mass is 10.0. The number of ether oxygens (including phenoxy) is 1. The Morgan fingerprint density at radius 3 is 2.41 bits per heavy atom. The number of nitrogens with zero attached hydrogens (tertiary/aromatic N) is 4. The van der Waals surface area contributed by atoms with Crippen LogP contribution in [0.1, 0.15) is 19.4 Å². The van der Waals surface area contributed by atoms with Crippen molar-refractivity contribution in [3.8, 4) is 45.3 Å². The molecule has 0 saturated carbocycles. The molecule has 7 nitrogen and oxygen atoms in total. The second-order valence-electron chi connectivity index (χ2n) is 9.42. The highest BCUT2D eigenvalue weighted by molar-refractivity contribution is 9.10. The summed E-state index contributed by atoms with van der Waals surface area (Å²) in [6.07, 6.45) is 0.0930. The van der Waals surface area contributed by atoms with Crippen LogP contribution in [0.25, 0.3) is 39.4 Å². The van der Waals surface area contributed by atoms with Crippen LogP contribution >= 0.6 is 15.9 Å². The van der Waals surface area contributed by atoms with E-state index < -0.39 is 6.67 Å². The number of likely N-dealkylation sites (N-methyl/N-ethyl adjacent to an activating group) is 1. The summed E-state index contributed by atoms with van der Waals surface area (Å²) >= 11 is 3.52. The lowest BCUT2D eigenvalue weighted by Gasteiger charge is -2.18. The lowest BCUT2D eigenvalue weighted by molar-refractivity contribution is -0.130. The Morgan fingerprint density at radius 1 is 1.00 bits per heavy atom. The third-order valence-corrected chi connectivity index (χ3v) is 7.40. The van der Waals surface area contributed by atoms with Crippen molar-refractivity contribution in [1.29, 1.82) is 0 Å². The van der Waals surface area contributed by atoms with Gasteiger partial charge in [0.25, 0.3) is 0 Å². The van der Waals surface area contributed by atoms with Gasteiger partial charge in [-0.25, -0.2) is 13.9 Å². The summed E-state index contributed by atoms with van der Waals surface area (Å²) in [6, 6.07) is 24.1. The van der Waals surface area contributed by atoms with Crippen molar-refractivity contribution in [1.82, 2.24) is 19.5 Å². The summed E-state index contributed by atoms with van der Waals surface area (Å²) in [4.78, 5) is 20.2. The summed E-state index contributed by atoms with van der Waals surface area (Å²) < 4.78 is 20.5. The second-order valence-corrected chi connectivity index (χ2v) is 10.3. The van der Waals surface area contributed by atoms with E-state index >= 15 is 0 Å². The highest BCUT2D eigenvalue weighted by atomic mass is 79.9. The zero-order valence-corrected chi connectivity index (χ0v) is 24.4. The Balaban J connectivity index is 1.78. The van der Waals surface area contributed by atoms with E-state index in [-0.39, 0.29) is 24.7 Å². The largest absolute Gasteiger partial charge is 0.507 e. The van der Waals surface area contributed by atoms with Crippen LogP contribution in [-0.2, 0) is 11.2 Å². The van der Waals surface area contributed by atoms with Crippen LogP contribution in [0, 0.1) is 0 Å². The smallest absolute Gasteiger partial charge is 0.227 e. The number of halogens is 2. The molecule has 0 bridgehead atoms. The molecule has 210 valence electrons. The van der Waals surface area contributed by atoms with Crippen LogP contribution in [0.2, 0.25) is 0 Å². The van der Waals surface area contributed by atoms with Crippen molar-refractivity contribution in [2.24, 2.45) is 0 Å². The molecule has 0 aliphatic carbocycles. The molecule has 0 aliphatic heterocycles. The monoisotopic (exact) mass is 616 g/mol. The van der Waals surface area contributed by atoms with Gasteiger partial charge in [-0.2, -0.15) is 5.10 Å². The number of fused-ring (bicyclic) bond motifs is 1. The molecular weight excluding hydrogens is 587 g/mol. The number of phenolic OH excluding ortho intramolecular Hbond substituents is 1. The van der Waals surface area contributed by atoms with Gasteiger partial charge in [-0.3, -0.25) is 4.79 Å². The minimum atomic E-state index is -0.577. The molecule has 2 aromatic heterocycles. The van der Waals surface area contributed by atoms with Gasteiger partial charge in [0.2, 0.25) is 5.91 Å². The molecule has 41 heavy (non-hydrogen) atoms.